The maximum absolute atomic E-state index is 13.9. The van der Waals surface area contributed by atoms with E-state index in [1.54, 1.807) is 61.9 Å². The van der Waals surface area contributed by atoms with Crippen molar-refractivity contribution in [3.05, 3.63) is 86.4 Å². The zero-order valence-electron chi connectivity index (χ0n) is 23.7. The molecule has 7 rings (SSSR count). The Kier molecular flexibility index (Phi) is 5.37. The van der Waals surface area contributed by atoms with Crippen LogP contribution in [0.2, 0.25) is 0 Å². The number of nitrogens with zero attached hydrogens (tertiary/aromatic N) is 1. The second-order valence-corrected chi connectivity index (χ2v) is 11.9. The lowest BCUT2D eigenvalue weighted by Crippen LogP contribution is -2.50. The Morgan fingerprint density at radius 3 is 2.50 bits per heavy atom. The quantitative estimate of drug-likeness (QED) is 0.217. The molecule has 0 saturated heterocycles. The summed E-state index contributed by atoms with van der Waals surface area (Å²) < 4.78 is 26.3. The van der Waals surface area contributed by atoms with Gasteiger partial charge in [-0.25, -0.2) is 4.79 Å². The molecular weight excluding hydrogens is 538 g/mol. The van der Waals surface area contributed by atoms with Crippen LogP contribution in [0.15, 0.2) is 68.6 Å². The molecular formula is C33H29NO8. The molecule has 2 aliphatic rings. The van der Waals surface area contributed by atoms with Gasteiger partial charge in [0.25, 0.3) is 0 Å². The van der Waals surface area contributed by atoms with E-state index in [2.05, 4.69) is 0 Å². The predicted molar refractivity (Wildman–Crippen MR) is 159 cm³/mol. The van der Waals surface area contributed by atoms with Gasteiger partial charge in [0.15, 0.2) is 6.10 Å². The summed E-state index contributed by atoms with van der Waals surface area (Å²) >= 11 is 0. The minimum absolute atomic E-state index is 0.166. The molecule has 2 aromatic heterocycles. The highest BCUT2D eigenvalue weighted by atomic mass is 16.5. The molecule has 4 heterocycles. The molecule has 42 heavy (non-hydrogen) atoms. The number of rotatable bonds is 2. The third kappa shape index (κ3) is 3.73. The van der Waals surface area contributed by atoms with Gasteiger partial charge in [0, 0.05) is 30.1 Å². The number of ether oxygens (including phenoxy) is 3. The summed E-state index contributed by atoms with van der Waals surface area (Å²) in [4.78, 5) is 26.1. The number of aromatic nitrogens is 1. The van der Waals surface area contributed by atoms with Crippen LogP contribution in [0, 0.1) is 0 Å². The van der Waals surface area contributed by atoms with Crippen LogP contribution in [0.25, 0.3) is 38.9 Å². The fourth-order valence-corrected chi connectivity index (χ4v) is 6.08. The number of aryl methyl sites for hydroxylation is 1. The van der Waals surface area contributed by atoms with Gasteiger partial charge in [0.2, 0.25) is 5.43 Å². The molecule has 2 atom stereocenters. The molecule has 3 aromatic carbocycles. The van der Waals surface area contributed by atoms with Crippen molar-refractivity contribution in [2.45, 2.75) is 51.1 Å². The molecule has 2 aliphatic heterocycles. The number of phenols is 1. The lowest BCUT2D eigenvalue weighted by atomic mass is 9.87. The summed E-state index contributed by atoms with van der Waals surface area (Å²) in [5.74, 6) is 1.01. The standard InChI is InChI=1S/C33H29NO8/c1-32(2)14-13-17-22(41-32)15-19(35)24-27(17)34(5)26-18(28(24)37)7-6-8-21(26)39-30-25-20(42-33(3,4)31(30)38)11-9-16-10-12-23(36)40-29(16)25/h6-15,30-31,35,38H,1-5H3/t30-,31-/m1/s1. The van der Waals surface area contributed by atoms with E-state index in [-0.39, 0.29) is 22.1 Å². The third-order valence-electron chi connectivity index (χ3n) is 8.15. The summed E-state index contributed by atoms with van der Waals surface area (Å²) in [6.45, 7) is 7.31. The van der Waals surface area contributed by atoms with E-state index < -0.39 is 29.0 Å². The van der Waals surface area contributed by atoms with Crippen molar-refractivity contribution >= 4 is 38.9 Å². The number of phenolic OH excluding ortho intramolecular Hbond substituents is 1. The van der Waals surface area contributed by atoms with E-state index in [9.17, 15) is 19.8 Å². The Bertz CT molecular complexity index is 2120. The molecule has 5 aromatic rings. The number of aromatic hydroxyl groups is 1. The zero-order chi connectivity index (χ0) is 29.7. The van der Waals surface area contributed by atoms with Crippen LogP contribution >= 0.6 is 0 Å². The third-order valence-corrected chi connectivity index (χ3v) is 8.15. The van der Waals surface area contributed by atoms with Gasteiger partial charge in [-0.3, -0.25) is 4.79 Å². The van der Waals surface area contributed by atoms with Crippen LogP contribution in [-0.4, -0.2) is 32.1 Å². The normalized spacial score (nSPS) is 20.1. The van der Waals surface area contributed by atoms with E-state index in [1.165, 1.54) is 12.1 Å². The molecule has 0 saturated carbocycles. The zero-order valence-corrected chi connectivity index (χ0v) is 23.7. The summed E-state index contributed by atoms with van der Waals surface area (Å²) in [6.07, 6.45) is 1.60. The van der Waals surface area contributed by atoms with Crippen molar-refractivity contribution < 1.29 is 28.8 Å². The second-order valence-electron chi connectivity index (χ2n) is 11.9. The molecule has 0 bridgehead atoms. The predicted octanol–water partition coefficient (Wildman–Crippen LogP) is 5.34. The Hall–Kier alpha value is -4.76. The molecule has 0 spiro atoms. The average Bonchev–Trinajstić information content (AvgIpc) is 2.92. The number of hydrogen-bond donors (Lipinski definition) is 2. The molecule has 9 heteroatoms. The molecule has 0 unspecified atom stereocenters. The molecule has 0 radical (unpaired) electrons. The van der Waals surface area contributed by atoms with E-state index in [0.717, 1.165) is 0 Å². The van der Waals surface area contributed by atoms with Crippen LogP contribution in [0.1, 0.15) is 44.9 Å². The summed E-state index contributed by atoms with van der Waals surface area (Å²) in [5, 5.41) is 23.7. The highest BCUT2D eigenvalue weighted by Crippen LogP contribution is 2.47. The van der Waals surface area contributed by atoms with Crippen LogP contribution in [-0.2, 0) is 7.05 Å². The molecule has 2 N–H and O–H groups in total. The first kappa shape index (κ1) is 26.2. The molecule has 0 fully saturated rings. The van der Waals surface area contributed by atoms with Crippen molar-refractivity contribution in [1.29, 1.82) is 0 Å². The fraction of sp³-hybridized carbons (Fsp3) is 0.273. The minimum Gasteiger partial charge on any atom is -0.507 e. The number of fused-ring (bicyclic) bond motifs is 7. The molecule has 0 aliphatic carbocycles. The smallest absolute Gasteiger partial charge is 0.336 e. The summed E-state index contributed by atoms with van der Waals surface area (Å²) in [7, 11) is 1.79. The van der Waals surface area contributed by atoms with Crippen molar-refractivity contribution in [1.82, 2.24) is 4.57 Å². The van der Waals surface area contributed by atoms with Crippen LogP contribution in [0.4, 0.5) is 0 Å². The van der Waals surface area contributed by atoms with Gasteiger partial charge in [-0.2, -0.15) is 0 Å². The van der Waals surface area contributed by atoms with Crippen molar-refractivity contribution in [2.24, 2.45) is 7.05 Å². The van der Waals surface area contributed by atoms with Crippen molar-refractivity contribution in [2.75, 3.05) is 0 Å². The highest BCUT2D eigenvalue weighted by Gasteiger charge is 2.46. The SMILES string of the molecule is Cn1c2c(O[C@@H]3c4c(ccc5ccc(=O)oc45)OC(C)(C)[C@@H]3O)cccc2c(=O)c2c(O)cc3c(c21)C=CC(C)(C)O3. The second kappa shape index (κ2) is 8.62. The molecule has 9 nitrogen and oxygen atoms in total. The maximum atomic E-state index is 13.9. The van der Waals surface area contributed by atoms with Crippen molar-refractivity contribution in [3.63, 3.8) is 0 Å². The largest absolute Gasteiger partial charge is 0.507 e. The highest BCUT2D eigenvalue weighted by molar-refractivity contribution is 6.03. The first-order chi connectivity index (χ1) is 19.9. The van der Waals surface area contributed by atoms with Gasteiger partial charge in [-0.15, -0.1) is 0 Å². The number of aliphatic hydroxyl groups excluding tert-OH is 1. The van der Waals surface area contributed by atoms with Crippen LogP contribution in [0.5, 0.6) is 23.0 Å². The lowest BCUT2D eigenvalue weighted by Gasteiger charge is -2.41. The van der Waals surface area contributed by atoms with Crippen LogP contribution in [0.3, 0.4) is 0 Å². The van der Waals surface area contributed by atoms with E-state index in [0.29, 0.717) is 50.2 Å². The topological polar surface area (TPSA) is 120 Å². The fourth-order valence-electron chi connectivity index (χ4n) is 6.08. The molecule has 214 valence electrons. The maximum Gasteiger partial charge on any atom is 0.336 e. The van der Waals surface area contributed by atoms with Gasteiger partial charge >= 0.3 is 5.63 Å². The summed E-state index contributed by atoms with van der Waals surface area (Å²) in [6, 6.07) is 13.1. The monoisotopic (exact) mass is 567 g/mol. The lowest BCUT2D eigenvalue weighted by molar-refractivity contribution is -0.102. The number of benzene rings is 3. The molecule has 0 amide bonds. The Balaban J connectivity index is 1.50. The van der Waals surface area contributed by atoms with Gasteiger partial charge in [0.1, 0.15) is 45.9 Å². The van der Waals surface area contributed by atoms with E-state index in [4.69, 9.17) is 18.6 Å². The van der Waals surface area contributed by atoms with Crippen molar-refractivity contribution in [3.8, 4) is 23.0 Å². The number of pyridine rings is 1. The first-order valence-electron chi connectivity index (χ1n) is 13.7. The van der Waals surface area contributed by atoms with Gasteiger partial charge in [0.05, 0.1) is 27.4 Å². The number of para-hydroxylation sites is 1. The Morgan fingerprint density at radius 1 is 0.952 bits per heavy atom. The average molecular weight is 568 g/mol. The number of hydrogen-bond acceptors (Lipinski definition) is 8. The van der Waals surface area contributed by atoms with E-state index >= 15 is 0 Å². The van der Waals surface area contributed by atoms with Crippen LogP contribution < -0.4 is 25.3 Å². The van der Waals surface area contributed by atoms with E-state index in [1.807, 2.05) is 26.0 Å². The minimum atomic E-state index is -1.18. The Labute approximate surface area is 239 Å². The van der Waals surface area contributed by atoms with Gasteiger partial charge in [-0.05, 0) is 70.2 Å². The first-order valence-corrected chi connectivity index (χ1v) is 13.7. The number of aliphatic hydroxyl groups is 1. The summed E-state index contributed by atoms with van der Waals surface area (Å²) in [5.41, 5.74) is -0.309. The Morgan fingerprint density at radius 2 is 1.71 bits per heavy atom. The van der Waals surface area contributed by atoms with Gasteiger partial charge < -0.3 is 33.4 Å². The van der Waals surface area contributed by atoms with Gasteiger partial charge in [-0.1, -0.05) is 6.07 Å².